The highest BCUT2D eigenvalue weighted by Gasteiger charge is 2.07. The molecule has 0 saturated heterocycles. The summed E-state index contributed by atoms with van der Waals surface area (Å²) < 4.78 is 5.44. The van der Waals surface area contributed by atoms with Crippen molar-refractivity contribution in [2.75, 3.05) is 5.73 Å². The minimum Gasteiger partial charge on any atom is -0.436 e. The van der Waals surface area contributed by atoms with E-state index in [1.807, 2.05) is 19.9 Å². The molecule has 15 heavy (non-hydrogen) atoms. The molecule has 0 aliphatic heterocycles. The summed E-state index contributed by atoms with van der Waals surface area (Å²) in [5.41, 5.74) is 6.41. The molecule has 2 aromatic rings. The van der Waals surface area contributed by atoms with E-state index in [4.69, 9.17) is 10.2 Å². The minimum atomic E-state index is 0.513. The van der Waals surface area contributed by atoms with Crippen LogP contribution in [0.25, 0.3) is 0 Å². The molecule has 5 heteroatoms. The van der Waals surface area contributed by atoms with E-state index in [1.54, 1.807) is 12.3 Å². The molecule has 0 aromatic carbocycles. The van der Waals surface area contributed by atoms with Crippen molar-refractivity contribution in [1.29, 1.82) is 0 Å². The van der Waals surface area contributed by atoms with Crippen LogP contribution < -0.4 is 5.73 Å². The highest BCUT2D eigenvalue weighted by molar-refractivity contribution is 7.99. The summed E-state index contributed by atoms with van der Waals surface area (Å²) in [6.45, 7) is 3.82. The SMILES string of the molecule is Cc1nc(Sc2ccc(N)nc2)oc1C. The van der Waals surface area contributed by atoms with E-state index in [9.17, 15) is 0 Å². The quantitative estimate of drug-likeness (QED) is 0.843. The van der Waals surface area contributed by atoms with Crippen molar-refractivity contribution in [1.82, 2.24) is 9.97 Å². The molecule has 2 N–H and O–H groups in total. The lowest BCUT2D eigenvalue weighted by atomic mass is 10.4. The Morgan fingerprint density at radius 3 is 2.67 bits per heavy atom. The summed E-state index contributed by atoms with van der Waals surface area (Å²) in [7, 11) is 0. The van der Waals surface area contributed by atoms with Crippen LogP contribution in [-0.4, -0.2) is 9.97 Å². The second-order valence-electron chi connectivity index (χ2n) is 3.14. The maximum absolute atomic E-state index is 5.49. The number of hydrogen-bond donors (Lipinski definition) is 1. The molecule has 2 aromatic heterocycles. The molecule has 0 radical (unpaired) electrons. The van der Waals surface area contributed by atoms with Gasteiger partial charge in [-0.1, -0.05) is 0 Å². The zero-order chi connectivity index (χ0) is 10.8. The second-order valence-corrected chi connectivity index (χ2v) is 4.17. The molecule has 2 rings (SSSR count). The summed E-state index contributed by atoms with van der Waals surface area (Å²) in [6, 6.07) is 3.65. The van der Waals surface area contributed by atoms with Crippen LogP contribution in [0.3, 0.4) is 0 Å². The van der Waals surface area contributed by atoms with Crippen molar-refractivity contribution in [3.05, 3.63) is 29.8 Å². The Bertz CT molecular complexity index is 445. The molecule has 78 valence electrons. The lowest BCUT2D eigenvalue weighted by Gasteiger charge is -1.96. The van der Waals surface area contributed by atoms with Crippen molar-refractivity contribution in [2.45, 2.75) is 24.0 Å². The number of nitrogen functional groups attached to an aromatic ring is 1. The number of nitrogens with zero attached hydrogens (tertiary/aromatic N) is 2. The number of anilines is 1. The number of aromatic nitrogens is 2. The number of pyridine rings is 1. The van der Waals surface area contributed by atoms with E-state index in [0.29, 0.717) is 11.0 Å². The monoisotopic (exact) mass is 221 g/mol. The predicted molar refractivity (Wildman–Crippen MR) is 58.7 cm³/mol. The van der Waals surface area contributed by atoms with Gasteiger partial charge in [-0.15, -0.1) is 0 Å². The van der Waals surface area contributed by atoms with Gasteiger partial charge in [0, 0.05) is 11.1 Å². The van der Waals surface area contributed by atoms with Crippen molar-refractivity contribution >= 4 is 17.6 Å². The van der Waals surface area contributed by atoms with Gasteiger partial charge in [-0.05, 0) is 37.7 Å². The zero-order valence-corrected chi connectivity index (χ0v) is 9.34. The average molecular weight is 221 g/mol. The topological polar surface area (TPSA) is 64.9 Å². The van der Waals surface area contributed by atoms with Gasteiger partial charge in [-0.25, -0.2) is 9.97 Å². The van der Waals surface area contributed by atoms with E-state index >= 15 is 0 Å². The highest BCUT2D eigenvalue weighted by atomic mass is 32.2. The molecule has 0 aliphatic carbocycles. The summed E-state index contributed by atoms with van der Waals surface area (Å²) in [4.78, 5) is 9.22. The van der Waals surface area contributed by atoms with Gasteiger partial charge in [0.2, 0.25) is 0 Å². The summed E-state index contributed by atoms with van der Waals surface area (Å²) in [5, 5.41) is 0.636. The Kier molecular flexibility index (Phi) is 2.64. The molecule has 0 saturated carbocycles. The van der Waals surface area contributed by atoms with Crippen molar-refractivity contribution in [3.8, 4) is 0 Å². The standard InChI is InChI=1S/C10H11N3OS/c1-6-7(2)14-10(13-6)15-8-3-4-9(11)12-5-8/h3-5H,1-2H3,(H2,11,12). The van der Waals surface area contributed by atoms with Crippen LogP contribution in [0.2, 0.25) is 0 Å². The molecular weight excluding hydrogens is 210 g/mol. The first-order chi connectivity index (χ1) is 7.15. The van der Waals surface area contributed by atoms with Crippen LogP contribution in [0.15, 0.2) is 32.9 Å². The molecule has 0 spiro atoms. The van der Waals surface area contributed by atoms with Gasteiger partial charge in [0.1, 0.15) is 11.6 Å². The molecule has 0 atom stereocenters. The normalized spacial score (nSPS) is 10.5. The molecular formula is C10H11N3OS. The Morgan fingerprint density at radius 1 is 1.33 bits per heavy atom. The van der Waals surface area contributed by atoms with Gasteiger partial charge in [0.25, 0.3) is 5.22 Å². The van der Waals surface area contributed by atoms with Gasteiger partial charge in [0.05, 0.1) is 5.69 Å². The smallest absolute Gasteiger partial charge is 0.261 e. The third-order valence-electron chi connectivity index (χ3n) is 1.97. The number of hydrogen-bond acceptors (Lipinski definition) is 5. The Morgan fingerprint density at radius 2 is 2.13 bits per heavy atom. The predicted octanol–water partition coefficient (Wildman–Crippen LogP) is 2.42. The largest absolute Gasteiger partial charge is 0.436 e. The summed E-state index contributed by atoms with van der Waals surface area (Å²) in [5.74, 6) is 1.36. The van der Waals surface area contributed by atoms with E-state index in [-0.39, 0.29) is 0 Å². The van der Waals surface area contributed by atoms with Crippen molar-refractivity contribution in [2.24, 2.45) is 0 Å². The van der Waals surface area contributed by atoms with E-state index in [1.165, 1.54) is 11.8 Å². The van der Waals surface area contributed by atoms with Crippen LogP contribution in [0.4, 0.5) is 5.82 Å². The van der Waals surface area contributed by atoms with Crippen molar-refractivity contribution < 1.29 is 4.42 Å². The van der Waals surface area contributed by atoms with Crippen LogP contribution in [0.5, 0.6) is 0 Å². The second kappa shape index (κ2) is 3.94. The fraction of sp³-hybridized carbons (Fsp3) is 0.200. The molecule has 0 amide bonds. The minimum absolute atomic E-state index is 0.513. The van der Waals surface area contributed by atoms with Crippen LogP contribution in [0.1, 0.15) is 11.5 Å². The van der Waals surface area contributed by atoms with E-state index in [0.717, 1.165) is 16.3 Å². The molecule has 2 heterocycles. The molecule has 0 bridgehead atoms. The number of rotatable bonds is 2. The van der Waals surface area contributed by atoms with E-state index < -0.39 is 0 Å². The molecule has 4 nitrogen and oxygen atoms in total. The maximum Gasteiger partial charge on any atom is 0.261 e. The average Bonchev–Trinajstić information content (AvgIpc) is 2.50. The van der Waals surface area contributed by atoms with Gasteiger partial charge < -0.3 is 10.2 Å². The number of nitrogens with two attached hydrogens (primary N) is 1. The van der Waals surface area contributed by atoms with Gasteiger partial charge in [0.15, 0.2) is 0 Å². The Labute approximate surface area is 91.9 Å². The molecule has 0 aliphatic rings. The third-order valence-corrected chi connectivity index (χ3v) is 2.80. The first-order valence-corrected chi connectivity index (χ1v) is 5.30. The van der Waals surface area contributed by atoms with Gasteiger partial charge in [-0.2, -0.15) is 0 Å². The maximum atomic E-state index is 5.49. The first-order valence-electron chi connectivity index (χ1n) is 4.48. The fourth-order valence-electron chi connectivity index (χ4n) is 1.04. The van der Waals surface area contributed by atoms with Crippen LogP contribution in [0, 0.1) is 13.8 Å². The summed E-state index contributed by atoms with van der Waals surface area (Å²) >= 11 is 1.44. The van der Waals surface area contributed by atoms with Gasteiger partial charge in [-0.3, -0.25) is 0 Å². The van der Waals surface area contributed by atoms with Gasteiger partial charge >= 0.3 is 0 Å². The van der Waals surface area contributed by atoms with Crippen LogP contribution in [-0.2, 0) is 0 Å². The molecule has 0 fully saturated rings. The zero-order valence-electron chi connectivity index (χ0n) is 8.52. The summed E-state index contributed by atoms with van der Waals surface area (Å²) in [6.07, 6.45) is 1.70. The number of aryl methyl sites for hydroxylation is 2. The number of oxazole rings is 1. The lowest BCUT2D eigenvalue weighted by Crippen LogP contribution is -1.87. The lowest BCUT2D eigenvalue weighted by molar-refractivity contribution is 0.431. The van der Waals surface area contributed by atoms with Crippen molar-refractivity contribution in [3.63, 3.8) is 0 Å². The van der Waals surface area contributed by atoms with Crippen LogP contribution >= 0.6 is 11.8 Å². The van der Waals surface area contributed by atoms with E-state index in [2.05, 4.69) is 9.97 Å². The fourth-order valence-corrected chi connectivity index (χ4v) is 1.83. The third kappa shape index (κ3) is 2.30. The molecule has 0 unspecified atom stereocenters. The Hall–Kier alpha value is -1.49. The first kappa shape index (κ1) is 10.0. The Balaban J connectivity index is 2.18. The highest BCUT2D eigenvalue weighted by Crippen LogP contribution is 2.27.